The van der Waals surface area contributed by atoms with Crippen LogP contribution in [0.15, 0.2) is 6.07 Å². The Labute approximate surface area is 156 Å². The summed E-state index contributed by atoms with van der Waals surface area (Å²) in [5.41, 5.74) is 0.734. The van der Waals surface area contributed by atoms with Crippen LogP contribution in [-0.4, -0.2) is 12.7 Å². The van der Waals surface area contributed by atoms with Crippen molar-refractivity contribution in [2.24, 2.45) is 11.8 Å². The first-order chi connectivity index (χ1) is 12.6. The predicted molar refractivity (Wildman–Crippen MR) is 99.9 cm³/mol. The highest BCUT2D eigenvalue weighted by Gasteiger charge is 2.28. The second-order valence-electron chi connectivity index (χ2n) is 8.04. The minimum Gasteiger partial charge on any atom is -0.490 e. The van der Waals surface area contributed by atoms with Gasteiger partial charge in [0.15, 0.2) is 11.5 Å². The molecule has 26 heavy (non-hydrogen) atoms. The fraction of sp³-hybridized carbons (Fsp3) is 0.727. The topological polar surface area (TPSA) is 18.5 Å². The molecule has 0 radical (unpaired) electrons. The number of rotatable bonds is 7. The van der Waals surface area contributed by atoms with Crippen molar-refractivity contribution in [3.63, 3.8) is 0 Å². The summed E-state index contributed by atoms with van der Waals surface area (Å²) in [5.74, 6) is -0.353. The van der Waals surface area contributed by atoms with E-state index in [4.69, 9.17) is 9.47 Å². The Balaban J connectivity index is 1.60. The molecule has 1 unspecified atom stereocenters. The molecule has 0 saturated heterocycles. The van der Waals surface area contributed by atoms with Gasteiger partial charge >= 0.3 is 0 Å². The second kappa shape index (κ2) is 9.05. The summed E-state index contributed by atoms with van der Waals surface area (Å²) in [6, 6.07) is 1.65. The molecule has 1 aliphatic heterocycles. The lowest BCUT2D eigenvalue weighted by atomic mass is 9.80. The highest BCUT2D eigenvalue weighted by atomic mass is 19.2. The molecule has 1 saturated carbocycles. The van der Waals surface area contributed by atoms with Gasteiger partial charge in [0, 0.05) is 5.56 Å². The zero-order valence-electron chi connectivity index (χ0n) is 16.2. The van der Waals surface area contributed by atoms with Crippen LogP contribution in [0.4, 0.5) is 8.78 Å². The summed E-state index contributed by atoms with van der Waals surface area (Å²) >= 11 is 0. The van der Waals surface area contributed by atoms with Gasteiger partial charge in [-0.2, -0.15) is 8.78 Å². The molecule has 3 rings (SSSR count). The van der Waals surface area contributed by atoms with Crippen LogP contribution in [0.2, 0.25) is 0 Å². The van der Waals surface area contributed by atoms with Gasteiger partial charge in [0.1, 0.15) is 0 Å². The molecule has 1 heterocycles. The van der Waals surface area contributed by atoms with Crippen LogP contribution in [0, 0.1) is 23.5 Å². The minimum atomic E-state index is -0.902. The maximum Gasteiger partial charge on any atom is 0.204 e. The summed E-state index contributed by atoms with van der Waals surface area (Å²) in [5, 5.41) is 0. The lowest BCUT2D eigenvalue weighted by Crippen LogP contribution is -2.24. The van der Waals surface area contributed by atoms with Crippen molar-refractivity contribution in [3.05, 3.63) is 23.3 Å². The first kappa shape index (κ1) is 19.4. The lowest BCUT2D eigenvalue weighted by molar-refractivity contribution is 0.148. The van der Waals surface area contributed by atoms with E-state index in [0.29, 0.717) is 12.5 Å². The van der Waals surface area contributed by atoms with Crippen LogP contribution in [0.5, 0.6) is 11.5 Å². The van der Waals surface area contributed by atoms with Gasteiger partial charge in [-0.1, -0.05) is 46.0 Å². The van der Waals surface area contributed by atoms with Crippen molar-refractivity contribution >= 4 is 0 Å². The Bertz CT molecular complexity index is 594. The summed E-state index contributed by atoms with van der Waals surface area (Å²) in [6.45, 7) is 4.78. The van der Waals surface area contributed by atoms with Crippen molar-refractivity contribution in [2.45, 2.75) is 84.2 Å². The molecule has 2 aliphatic rings. The summed E-state index contributed by atoms with van der Waals surface area (Å²) < 4.78 is 40.3. The molecular formula is C22H32F2O2. The third-order valence-corrected chi connectivity index (χ3v) is 5.97. The Kier molecular flexibility index (Phi) is 6.77. The van der Waals surface area contributed by atoms with Crippen molar-refractivity contribution in [2.75, 3.05) is 6.61 Å². The number of fused-ring (bicyclic) bond motifs is 1. The normalized spacial score (nSPS) is 25.5. The minimum absolute atomic E-state index is 0.00789. The Morgan fingerprint density at radius 1 is 0.962 bits per heavy atom. The number of hydrogen-bond donors (Lipinski definition) is 0. The van der Waals surface area contributed by atoms with Crippen LogP contribution in [-0.2, 0) is 6.42 Å². The molecule has 4 heteroatoms. The zero-order chi connectivity index (χ0) is 18.5. The standard InChI is InChI=1S/C22H32F2O2/c1-3-5-15-7-9-16(10-8-15)14-25-19-13-17-11-12-18(6-4-2)26-22(17)21(24)20(19)23/h13,15-16,18H,3-12,14H2,1-2H3. The fourth-order valence-electron chi connectivity index (χ4n) is 4.42. The van der Waals surface area contributed by atoms with Crippen LogP contribution in [0.25, 0.3) is 0 Å². The number of halogens is 2. The number of benzene rings is 1. The van der Waals surface area contributed by atoms with Crippen LogP contribution < -0.4 is 9.47 Å². The van der Waals surface area contributed by atoms with E-state index in [1.165, 1.54) is 25.7 Å². The van der Waals surface area contributed by atoms with Gasteiger partial charge in [-0.05, 0) is 50.0 Å². The molecule has 0 amide bonds. The summed E-state index contributed by atoms with van der Waals surface area (Å²) in [7, 11) is 0. The maximum atomic E-state index is 14.5. The van der Waals surface area contributed by atoms with Crippen molar-refractivity contribution in [1.29, 1.82) is 0 Å². The van der Waals surface area contributed by atoms with E-state index in [0.717, 1.165) is 50.0 Å². The molecule has 1 aromatic rings. The van der Waals surface area contributed by atoms with Crippen LogP contribution in [0.3, 0.4) is 0 Å². The predicted octanol–water partition coefficient (Wildman–Crippen LogP) is 6.44. The Hall–Kier alpha value is -1.32. The van der Waals surface area contributed by atoms with E-state index in [1.54, 1.807) is 6.07 Å². The highest BCUT2D eigenvalue weighted by molar-refractivity contribution is 5.44. The van der Waals surface area contributed by atoms with Gasteiger partial charge in [0.25, 0.3) is 0 Å². The quantitative estimate of drug-likeness (QED) is 0.552. The van der Waals surface area contributed by atoms with Gasteiger partial charge in [-0.3, -0.25) is 0 Å². The summed E-state index contributed by atoms with van der Waals surface area (Å²) in [6.07, 6.45) is 10.7. The molecule has 1 aliphatic carbocycles. The van der Waals surface area contributed by atoms with E-state index in [2.05, 4.69) is 13.8 Å². The van der Waals surface area contributed by atoms with Gasteiger partial charge in [-0.25, -0.2) is 0 Å². The second-order valence-corrected chi connectivity index (χ2v) is 8.04. The molecule has 1 fully saturated rings. The number of ether oxygens (including phenoxy) is 2. The van der Waals surface area contributed by atoms with Gasteiger partial charge in [-0.15, -0.1) is 0 Å². The van der Waals surface area contributed by atoms with Crippen molar-refractivity contribution in [1.82, 2.24) is 0 Å². The van der Waals surface area contributed by atoms with Gasteiger partial charge in [0.2, 0.25) is 11.6 Å². The fourth-order valence-corrected chi connectivity index (χ4v) is 4.42. The van der Waals surface area contributed by atoms with E-state index >= 15 is 0 Å². The first-order valence-corrected chi connectivity index (χ1v) is 10.4. The van der Waals surface area contributed by atoms with Crippen molar-refractivity contribution < 1.29 is 18.3 Å². The third kappa shape index (κ3) is 4.50. The molecule has 0 bridgehead atoms. The lowest BCUT2D eigenvalue weighted by Gasteiger charge is -2.29. The number of hydrogen-bond acceptors (Lipinski definition) is 2. The molecule has 0 spiro atoms. The molecule has 2 nitrogen and oxygen atoms in total. The maximum absolute atomic E-state index is 14.5. The van der Waals surface area contributed by atoms with Gasteiger partial charge < -0.3 is 9.47 Å². The van der Waals surface area contributed by atoms with E-state index in [1.807, 2.05) is 0 Å². The molecular weight excluding hydrogens is 334 g/mol. The summed E-state index contributed by atoms with van der Waals surface area (Å²) in [4.78, 5) is 0. The molecule has 0 N–H and O–H groups in total. The first-order valence-electron chi connectivity index (χ1n) is 10.4. The van der Waals surface area contributed by atoms with Gasteiger partial charge in [0.05, 0.1) is 12.7 Å². The molecule has 1 aromatic carbocycles. The molecule has 0 aromatic heterocycles. The van der Waals surface area contributed by atoms with Crippen LogP contribution in [0.1, 0.15) is 77.2 Å². The highest BCUT2D eigenvalue weighted by Crippen LogP contribution is 2.38. The van der Waals surface area contributed by atoms with E-state index in [9.17, 15) is 8.78 Å². The monoisotopic (exact) mass is 366 g/mol. The SMILES string of the molecule is CCCC1CCC(COc2cc3c(c(F)c2F)OC(CCC)CC3)CC1. The zero-order valence-corrected chi connectivity index (χ0v) is 16.2. The average molecular weight is 366 g/mol. The van der Waals surface area contributed by atoms with Crippen molar-refractivity contribution in [3.8, 4) is 11.5 Å². The van der Waals surface area contributed by atoms with E-state index < -0.39 is 11.6 Å². The number of aryl methyl sites for hydroxylation is 1. The van der Waals surface area contributed by atoms with E-state index in [-0.39, 0.29) is 17.6 Å². The Morgan fingerprint density at radius 3 is 2.35 bits per heavy atom. The molecule has 1 atom stereocenters. The molecule has 146 valence electrons. The largest absolute Gasteiger partial charge is 0.490 e. The third-order valence-electron chi connectivity index (χ3n) is 5.97. The Morgan fingerprint density at radius 2 is 1.65 bits per heavy atom. The average Bonchev–Trinajstić information content (AvgIpc) is 2.65. The van der Waals surface area contributed by atoms with Crippen LogP contribution >= 0.6 is 0 Å². The smallest absolute Gasteiger partial charge is 0.204 e.